The van der Waals surface area contributed by atoms with E-state index in [1.807, 2.05) is 32.9 Å². The average Bonchev–Trinajstić information content (AvgIpc) is 2.89. The van der Waals surface area contributed by atoms with Crippen LogP contribution in [0.4, 0.5) is 5.69 Å². The molecule has 2 amide bonds. The quantitative estimate of drug-likeness (QED) is 0.858. The van der Waals surface area contributed by atoms with Gasteiger partial charge in [0.1, 0.15) is 11.5 Å². The first-order valence-electron chi connectivity index (χ1n) is 7.70. The lowest BCUT2D eigenvalue weighted by atomic mass is 10.0. The zero-order valence-corrected chi connectivity index (χ0v) is 14.5. The van der Waals surface area contributed by atoms with Crippen molar-refractivity contribution >= 4 is 17.5 Å². The van der Waals surface area contributed by atoms with E-state index in [1.165, 1.54) is 6.08 Å². The van der Waals surface area contributed by atoms with Crippen molar-refractivity contribution in [3.05, 3.63) is 65.1 Å². The van der Waals surface area contributed by atoms with Crippen molar-refractivity contribution in [3.63, 3.8) is 0 Å². The number of anilines is 1. The second-order valence-electron chi connectivity index (χ2n) is 5.60. The van der Waals surface area contributed by atoms with Gasteiger partial charge in [-0.15, -0.1) is 0 Å². The summed E-state index contributed by atoms with van der Waals surface area (Å²) in [6.45, 7) is 9.51. The van der Waals surface area contributed by atoms with Crippen LogP contribution in [0.2, 0.25) is 0 Å². The van der Waals surface area contributed by atoms with E-state index in [1.54, 1.807) is 24.1 Å². The molecule has 5 heteroatoms. The van der Waals surface area contributed by atoms with Crippen molar-refractivity contribution in [2.24, 2.45) is 0 Å². The molecular weight excluding hydrogens is 304 g/mol. The zero-order chi connectivity index (χ0) is 17.9. The van der Waals surface area contributed by atoms with Crippen LogP contribution in [0.3, 0.4) is 0 Å². The molecule has 2 aromatic rings. The number of nitrogens with one attached hydrogen (secondary N) is 1. The Bertz CT molecular complexity index is 790. The minimum absolute atomic E-state index is 0.185. The Balaban J connectivity index is 2.49. The summed E-state index contributed by atoms with van der Waals surface area (Å²) in [5.41, 5.74) is 2.88. The normalized spacial score (nSPS) is 10.3. The Morgan fingerprint density at radius 2 is 2.00 bits per heavy atom. The maximum Gasteiger partial charge on any atom is 0.251 e. The maximum absolute atomic E-state index is 12.4. The molecule has 0 bridgehead atoms. The standard InChI is InChI=1S/C19H22N2O3/c1-6-18(22)21(11-15-10-12(2)24-14(15)4)17-9-7-8-16(13(17)3)19(23)20-5/h6-10H,1,11H2,2-5H3,(H,20,23). The highest BCUT2D eigenvalue weighted by Crippen LogP contribution is 2.27. The highest BCUT2D eigenvalue weighted by molar-refractivity contribution is 6.03. The number of amides is 2. The number of carbonyl (C=O) groups excluding carboxylic acids is 2. The molecule has 24 heavy (non-hydrogen) atoms. The van der Waals surface area contributed by atoms with Gasteiger partial charge in [0.15, 0.2) is 0 Å². The fraction of sp³-hybridized carbons (Fsp3) is 0.263. The highest BCUT2D eigenvalue weighted by atomic mass is 16.3. The number of carbonyl (C=O) groups is 2. The third kappa shape index (κ3) is 3.40. The van der Waals surface area contributed by atoms with Crippen LogP contribution in [-0.2, 0) is 11.3 Å². The Morgan fingerprint density at radius 1 is 1.29 bits per heavy atom. The molecule has 126 valence electrons. The molecule has 0 spiro atoms. The molecule has 1 aromatic carbocycles. The number of aryl methyl sites for hydroxylation is 2. The number of rotatable bonds is 5. The van der Waals surface area contributed by atoms with E-state index >= 15 is 0 Å². The predicted molar refractivity (Wildman–Crippen MR) is 94.1 cm³/mol. The summed E-state index contributed by atoms with van der Waals surface area (Å²) in [4.78, 5) is 26.0. The molecule has 0 atom stereocenters. The third-order valence-electron chi connectivity index (χ3n) is 3.98. The molecule has 1 N–H and O–H groups in total. The van der Waals surface area contributed by atoms with Gasteiger partial charge in [-0.1, -0.05) is 12.6 Å². The van der Waals surface area contributed by atoms with Gasteiger partial charge in [0, 0.05) is 23.9 Å². The Morgan fingerprint density at radius 3 is 2.54 bits per heavy atom. The first kappa shape index (κ1) is 17.5. The molecule has 0 aliphatic rings. The molecule has 2 rings (SSSR count). The molecule has 0 aliphatic carbocycles. The van der Waals surface area contributed by atoms with Crippen molar-refractivity contribution in [2.45, 2.75) is 27.3 Å². The van der Waals surface area contributed by atoms with Gasteiger partial charge in [-0.05, 0) is 50.6 Å². The SMILES string of the molecule is C=CC(=O)N(Cc1cc(C)oc1C)c1cccc(C(=O)NC)c1C. The number of hydrogen-bond acceptors (Lipinski definition) is 3. The predicted octanol–water partition coefficient (Wildman–Crippen LogP) is 3.28. The monoisotopic (exact) mass is 326 g/mol. The van der Waals surface area contributed by atoms with Crippen LogP contribution < -0.4 is 10.2 Å². The average molecular weight is 326 g/mol. The summed E-state index contributed by atoms with van der Waals surface area (Å²) in [6, 6.07) is 7.24. The van der Waals surface area contributed by atoms with Gasteiger partial charge in [0.2, 0.25) is 0 Å². The smallest absolute Gasteiger partial charge is 0.251 e. The van der Waals surface area contributed by atoms with Gasteiger partial charge in [-0.2, -0.15) is 0 Å². The maximum atomic E-state index is 12.4. The molecule has 0 fully saturated rings. The summed E-state index contributed by atoms with van der Waals surface area (Å²) in [5.74, 6) is 1.15. The topological polar surface area (TPSA) is 62.6 Å². The van der Waals surface area contributed by atoms with Gasteiger partial charge >= 0.3 is 0 Å². The van der Waals surface area contributed by atoms with E-state index in [2.05, 4.69) is 11.9 Å². The summed E-state index contributed by atoms with van der Waals surface area (Å²) in [6.07, 6.45) is 1.27. The van der Waals surface area contributed by atoms with Crippen molar-refractivity contribution < 1.29 is 14.0 Å². The summed E-state index contributed by atoms with van der Waals surface area (Å²) >= 11 is 0. The number of benzene rings is 1. The highest BCUT2D eigenvalue weighted by Gasteiger charge is 2.20. The van der Waals surface area contributed by atoms with E-state index in [0.29, 0.717) is 17.8 Å². The minimum atomic E-state index is -0.231. The van der Waals surface area contributed by atoms with E-state index < -0.39 is 0 Å². The van der Waals surface area contributed by atoms with Crippen molar-refractivity contribution in [2.75, 3.05) is 11.9 Å². The fourth-order valence-corrected chi connectivity index (χ4v) is 2.70. The first-order chi connectivity index (χ1) is 11.4. The molecule has 1 aromatic heterocycles. The van der Waals surface area contributed by atoms with Crippen LogP contribution in [0, 0.1) is 20.8 Å². The second-order valence-corrected chi connectivity index (χ2v) is 5.60. The molecular formula is C19H22N2O3. The lowest BCUT2D eigenvalue weighted by molar-refractivity contribution is -0.114. The molecule has 0 saturated carbocycles. The van der Waals surface area contributed by atoms with E-state index in [4.69, 9.17) is 4.42 Å². The van der Waals surface area contributed by atoms with Gasteiger partial charge in [0.05, 0.1) is 6.54 Å². The second kappa shape index (κ2) is 7.17. The lowest BCUT2D eigenvalue weighted by Crippen LogP contribution is -2.30. The summed E-state index contributed by atoms with van der Waals surface area (Å²) in [7, 11) is 1.58. The molecule has 5 nitrogen and oxygen atoms in total. The van der Waals surface area contributed by atoms with Crippen LogP contribution in [-0.4, -0.2) is 18.9 Å². The van der Waals surface area contributed by atoms with Crippen LogP contribution in [0.25, 0.3) is 0 Å². The molecule has 0 aliphatic heterocycles. The Kier molecular flexibility index (Phi) is 5.24. The zero-order valence-electron chi connectivity index (χ0n) is 14.5. The number of furan rings is 1. The van der Waals surface area contributed by atoms with Crippen LogP contribution in [0.5, 0.6) is 0 Å². The lowest BCUT2D eigenvalue weighted by Gasteiger charge is -2.24. The summed E-state index contributed by atoms with van der Waals surface area (Å²) in [5, 5.41) is 2.62. The first-order valence-corrected chi connectivity index (χ1v) is 7.70. The number of nitrogens with zero attached hydrogens (tertiary/aromatic N) is 1. The van der Waals surface area contributed by atoms with Crippen LogP contribution >= 0.6 is 0 Å². The minimum Gasteiger partial charge on any atom is -0.466 e. The van der Waals surface area contributed by atoms with Gasteiger partial charge < -0.3 is 14.6 Å². The van der Waals surface area contributed by atoms with Gasteiger partial charge in [-0.25, -0.2) is 0 Å². The summed E-state index contributed by atoms with van der Waals surface area (Å²) < 4.78 is 5.55. The third-order valence-corrected chi connectivity index (χ3v) is 3.98. The fourth-order valence-electron chi connectivity index (χ4n) is 2.70. The van der Waals surface area contributed by atoms with Crippen LogP contribution in [0.1, 0.15) is 33.0 Å². The van der Waals surface area contributed by atoms with Gasteiger partial charge in [0.25, 0.3) is 11.8 Å². The van der Waals surface area contributed by atoms with E-state index in [0.717, 1.165) is 22.6 Å². The Hall–Kier alpha value is -2.82. The largest absolute Gasteiger partial charge is 0.466 e. The Labute approximate surface area is 142 Å². The number of hydrogen-bond donors (Lipinski definition) is 1. The van der Waals surface area contributed by atoms with Crippen molar-refractivity contribution in [1.29, 1.82) is 0 Å². The molecule has 0 radical (unpaired) electrons. The molecule has 0 saturated heterocycles. The van der Waals surface area contributed by atoms with Crippen molar-refractivity contribution in [1.82, 2.24) is 5.32 Å². The van der Waals surface area contributed by atoms with Gasteiger partial charge in [-0.3, -0.25) is 9.59 Å². The van der Waals surface area contributed by atoms with E-state index in [-0.39, 0.29) is 11.8 Å². The van der Waals surface area contributed by atoms with E-state index in [9.17, 15) is 9.59 Å². The molecule has 1 heterocycles. The van der Waals surface area contributed by atoms with Crippen molar-refractivity contribution in [3.8, 4) is 0 Å². The molecule has 0 unspecified atom stereocenters. The van der Waals surface area contributed by atoms with Crippen LogP contribution in [0.15, 0.2) is 41.3 Å².